The number of rotatable bonds is 37. The number of hydrogen-bond acceptors (Lipinski definition) is 4. The van der Waals surface area contributed by atoms with E-state index in [2.05, 4.69) is 20.8 Å². The predicted octanol–water partition coefficient (Wildman–Crippen LogP) is 13.6. The molecule has 0 aromatic rings. The lowest BCUT2D eigenvalue weighted by atomic mass is 10.0. The minimum Gasteiger partial charge on any atom is -0.466 e. The summed E-state index contributed by atoms with van der Waals surface area (Å²) in [6, 6.07) is 0. The van der Waals surface area contributed by atoms with Crippen LogP contribution in [0.25, 0.3) is 0 Å². The molecule has 0 aromatic carbocycles. The largest absolute Gasteiger partial charge is 0.466 e. The van der Waals surface area contributed by atoms with Crippen molar-refractivity contribution in [3.63, 3.8) is 0 Å². The standard InChI is InChI=1S/C41H80O4/c1-4-6-8-10-12-14-16-18-20-22-24-26-28-30-32-34-40(42)44-37-36-39(3)38-45-41(43)35-33-31-29-27-25-23-21-19-17-15-13-11-9-7-5-2/h39H,4-38H2,1-3H3. The maximum absolute atomic E-state index is 12.1. The van der Waals surface area contributed by atoms with Crippen molar-refractivity contribution in [2.45, 2.75) is 233 Å². The lowest BCUT2D eigenvalue weighted by molar-refractivity contribution is -0.147. The van der Waals surface area contributed by atoms with Gasteiger partial charge in [0.2, 0.25) is 0 Å². The van der Waals surface area contributed by atoms with Gasteiger partial charge >= 0.3 is 11.9 Å². The van der Waals surface area contributed by atoms with E-state index in [0.717, 1.165) is 32.1 Å². The Balaban J connectivity index is 3.36. The normalized spacial score (nSPS) is 12.0. The zero-order valence-electron chi connectivity index (χ0n) is 31.0. The molecule has 4 nitrogen and oxygen atoms in total. The molecule has 268 valence electrons. The Hall–Kier alpha value is -1.06. The van der Waals surface area contributed by atoms with Crippen molar-refractivity contribution >= 4 is 11.9 Å². The van der Waals surface area contributed by atoms with Gasteiger partial charge in [-0.1, -0.05) is 201 Å². The van der Waals surface area contributed by atoms with E-state index < -0.39 is 0 Å². The van der Waals surface area contributed by atoms with Crippen LogP contribution in [0.1, 0.15) is 233 Å². The van der Waals surface area contributed by atoms with Gasteiger partial charge in [0.05, 0.1) is 13.2 Å². The second kappa shape index (κ2) is 37.4. The number of carbonyl (C=O) groups is 2. The smallest absolute Gasteiger partial charge is 0.305 e. The molecule has 0 saturated carbocycles. The zero-order chi connectivity index (χ0) is 32.9. The van der Waals surface area contributed by atoms with Gasteiger partial charge in [0.1, 0.15) is 0 Å². The first-order valence-electron chi connectivity index (χ1n) is 20.4. The Bertz CT molecular complexity index is 604. The maximum atomic E-state index is 12.1. The van der Waals surface area contributed by atoms with Gasteiger partial charge in [-0.05, 0) is 25.2 Å². The molecule has 0 saturated heterocycles. The summed E-state index contributed by atoms with van der Waals surface area (Å²) >= 11 is 0. The molecule has 0 fully saturated rings. The van der Waals surface area contributed by atoms with E-state index in [4.69, 9.17) is 9.47 Å². The molecular formula is C41H80O4. The lowest BCUT2D eigenvalue weighted by Crippen LogP contribution is -2.15. The highest BCUT2D eigenvalue weighted by atomic mass is 16.5. The Morgan fingerprint density at radius 3 is 0.978 bits per heavy atom. The van der Waals surface area contributed by atoms with Gasteiger partial charge in [0.25, 0.3) is 0 Å². The Labute approximate surface area is 282 Å². The SMILES string of the molecule is CCCCCCCCCCCCCCCCCC(=O)OCCC(C)COC(=O)CCCCCCCCCCCCCCCCC. The fourth-order valence-electron chi connectivity index (χ4n) is 6.12. The summed E-state index contributed by atoms with van der Waals surface area (Å²) in [5.41, 5.74) is 0. The molecule has 0 aliphatic heterocycles. The predicted molar refractivity (Wildman–Crippen MR) is 195 cm³/mol. The first kappa shape index (κ1) is 43.9. The number of hydrogen-bond donors (Lipinski definition) is 0. The molecule has 0 bridgehead atoms. The first-order chi connectivity index (χ1) is 22.1. The fourth-order valence-corrected chi connectivity index (χ4v) is 6.12. The topological polar surface area (TPSA) is 52.6 Å². The summed E-state index contributed by atoms with van der Waals surface area (Å²) in [7, 11) is 0. The summed E-state index contributed by atoms with van der Waals surface area (Å²) in [5, 5.41) is 0. The van der Waals surface area contributed by atoms with Crippen molar-refractivity contribution in [1.82, 2.24) is 0 Å². The average Bonchev–Trinajstić information content (AvgIpc) is 3.03. The van der Waals surface area contributed by atoms with Gasteiger partial charge in [0.15, 0.2) is 0 Å². The highest BCUT2D eigenvalue weighted by Gasteiger charge is 2.09. The second-order valence-electron chi connectivity index (χ2n) is 14.2. The molecule has 0 spiro atoms. The monoisotopic (exact) mass is 637 g/mol. The van der Waals surface area contributed by atoms with Crippen LogP contribution < -0.4 is 0 Å². The summed E-state index contributed by atoms with van der Waals surface area (Å²) < 4.78 is 10.9. The Morgan fingerprint density at radius 2 is 0.667 bits per heavy atom. The van der Waals surface area contributed by atoms with Crippen molar-refractivity contribution in [2.24, 2.45) is 5.92 Å². The van der Waals surface area contributed by atoms with Gasteiger partial charge < -0.3 is 9.47 Å². The minimum absolute atomic E-state index is 0.0814. The molecule has 0 aliphatic rings. The number of unbranched alkanes of at least 4 members (excludes halogenated alkanes) is 28. The molecule has 1 unspecified atom stereocenters. The molecule has 0 N–H and O–H groups in total. The van der Waals surface area contributed by atoms with Gasteiger partial charge in [-0.2, -0.15) is 0 Å². The molecule has 0 radical (unpaired) electrons. The molecule has 0 amide bonds. The molecule has 0 heterocycles. The molecule has 0 aromatic heterocycles. The van der Waals surface area contributed by atoms with Crippen molar-refractivity contribution < 1.29 is 19.1 Å². The quantitative estimate of drug-likeness (QED) is 0.0503. The van der Waals surface area contributed by atoms with Gasteiger partial charge in [-0.15, -0.1) is 0 Å². The molecule has 0 rings (SSSR count). The van der Waals surface area contributed by atoms with Crippen LogP contribution in [-0.2, 0) is 19.1 Å². The maximum Gasteiger partial charge on any atom is 0.305 e. The Kier molecular flexibility index (Phi) is 36.5. The molecule has 1 atom stereocenters. The lowest BCUT2D eigenvalue weighted by Gasteiger charge is -2.12. The highest BCUT2D eigenvalue weighted by molar-refractivity contribution is 5.69. The van der Waals surface area contributed by atoms with Crippen LogP contribution in [-0.4, -0.2) is 25.2 Å². The molecular weight excluding hydrogens is 556 g/mol. The zero-order valence-corrected chi connectivity index (χ0v) is 31.0. The number of ether oxygens (including phenoxy) is 2. The minimum atomic E-state index is -0.0818. The molecule has 0 aliphatic carbocycles. The van der Waals surface area contributed by atoms with Crippen LogP contribution in [0.2, 0.25) is 0 Å². The summed E-state index contributed by atoms with van der Waals surface area (Å²) in [6.07, 6.45) is 41.7. The highest BCUT2D eigenvalue weighted by Crippen LogP contribution is 2.16. The Morgan fingerprint density at radius 1 is 0.400 bits per heavy atom. The first-order valence-corrected chi connectivity index (χ1v) is 20.4. The van der Waals surface area contributed by atoms with Crippen molar-refractivity contribution in [3.8, 4) is 0 Å². The van der Waals surface area contributed by atoms with Crippen LogP contribution in [0.15, 0.2) is 0 Å². The number of carbonyl (C=O) groups excluding carboxylic acids is 2. The third-order valence-electron chi connectivity index (χ3n) is 9.37. The van der Waals surface area contributed by atoms with Gasteiger partial charge in [0, 0.05) is 12.8 Å². The molecule has 4 heteroatoms. The van der Waals surface area contributed by atoms with Crippen molar-refractivity contribution in [1.29, 1.82) is 0 Å². The van der Waals surface area contributed by atoms with E-state index in [1.54, 1.807) is 0 Å². The summed E-state index contributed by atoms with van der Waals surface area (Å²) in [6.45, 7) is 7.47. The van der Waals surface area contributed by atoms with E-state index in [1.807, 2.05) is 0 Å². The van der Waals surface area contributed by atoms with E-state index >= 15 is 0 Å². The number of esters is 2. The van der Waals surface area contributed by atoms with E-state index in [-0.39, 0.29) is 17.9 Å². The van der Waals surface area contributed by atoms with E-state index in [0.29, 0.717) is 26.1 Å². The van der Waals surface area contributed by atoms with Gasteiger partial charge in [-0.3, -0.25) is 9.59 Å². The third kappa shape index (κ3) is 37.3. The van der Waals surface area contributed by atoms with Gasteiger partial charge in [-0.25, -0.2) is 0 Å². The average molecular weight is 637 g/mol. The van der Waals surface area contributed by atoms with E-state index in [9.17, 15) is 9.59 Å². The fraction of sp³-hybridized carbons (Fsp3) is 0.951. The summed E-state index contributed by atoms with van der Waals surface area (Å²) in [5.74, 6) is 0.0531. The van der Waals surface area contributed by atoms with Crippen LogP contribution in [0.4, 0.5) is 0 Å². The van der Waals surface area contributed by atoms with Crippen LogP contribution in [0.3, 0.4) is 0 Å². The third-order valence-corrected chi connectivity index (χ3v) is 9.37. The van der Waals surface area contributed by atoms with Crippen molar-refractivity contribution in [3.05, 3.63) is 0 Å². The van der Waals surface area contributed by atoms with Crippen LogP contribution in [0.5, 0.6) is 0 Å². The summed E-state index contributed by atoms with van der Waals surface area (Å²) in [4.78, 5) is 24.1. The molecule has 45 heavy (non-hydrogen) atoms. The van der Waals surface area contributed by atoms with Crippen molar-refractivity contribution in [2.75, 3.05) is 13.2 Å². The van der Waals surface area contributed by atoms with Crippen LogP contribution in [0, 0.1) is 5.92 Å². The van der Waals surface area contributed by atoms with E-state index in [1.165, 1.54) is 167 Å². The van der Waals surface area contributed by atoms with Crippen LogP contribution >= 0.6 is 0 Å². The second-order valence-corrected chi connectivity index (χ2v) is 14.2.